The Morgan fingerprint density at radius 1 is 1.20 bits per heavy atom. The summed E-state index contributed by atoms with van der Waals surface area (Å²) in [4.78, 5) is 12.1. The molecule has 0 saturated heterocycles. The van der Waals surface area contributed by atoms with Gasteiger partial charge in [0, 0.05) is 11.8 Å². The summed E-state index contributed by atoms with van der Waals surface area (Å²) in [5.74, 6) is 0.439. The van der Waals surface area contributed by atoms with Gasteiger partial charge in [-0.25, -0.2) is 0 Å². The third-order valence-corrected chi connectivity index (χ3v) is 3.06. The minimum Gasteiger partial charge on any atom is -0.497 e. The Bertz CT molecular complexity index is 594. The molecule has 0 fully saturated rings. The highest BCUT2D eigenvalue weighted by molar-refractivity contribution is 5.95. The molecule has 0 aromatic heterocycles. The van der Waals surface area contributed by atoms with Gasteiger partial charge in [0.05, 0.1) is 7.11 Å². The predicted molar refractivity (Wildman–Crippen MR) is 79.7 cm³/mol. The number of nitrogens with two attached hydrogens (primary N) is 1. The Labute approximate surface area is 118 Å². The molecule has 0 heterocycles. The summed E-state index contributed by atoms with van der Waals surface area (Å²) in [6.07, 6.45) is 0. The molecular formula is C16H18N2O2. The van der Waals surface area contributed by atoms with Crippen molar-refractivity contribution in [1.29, 1.82) is 0 Å². The Hall–Kier alpha value is -2.33. The highest BCUT2D eigenvalue weighted by Crippen LogP contribution is 2.19. The van der Waals surface area contributed by atoms with Gasteiger partial charge in [-0.3, -0.25) is 4.79 Å². The zero-order valence-electron chi connectivity index (χ0n) is 11.6. The standard InChI is InChI=1S/C16H18N2O2/c1-11-6-8-12(9-7-11)15(17)16(19)18-13-4-3-5-14(10-13)20-2/h3-10,15H,17H2,1-2H3,(H,18,19). The van der Waals surface area contributed by atoms with E-state index in [1.807, 2.05) is 43.3 Å². The van der Waals surface area contributed by atoms with Gasteiger partial charge in [0.15, 0.2) is 0 Å². The molecule has 4 heteroatoms. The third kappa shape index (κ3) is 3.36. The molecule has 2 aromatic rings. The van der Waals surface area contributed by atoms with E-state index in [-0.39, 0.29) is 5.91 Å². The Kier molecular flexibility index (Phi) is 4.38. The van der Waals surface area contributed by atoms with E-state index in [2.05, 4.69) is 5.32 Å². The van der Waals surface area contributed by atoms with Crippen molar-refractivity contribution in [1.82, 2.24) is 0 Å². The number of ether oxygens (including phenoxy) is 1. The number of amides is 1. The van der Waals surface area contributed by atoms with Crippen molar-refractivity contribution >= 4 is 11.6 Å². The first-order valence-electron chi connectivity index (χ1n) is 6.37. The maximum atomic E-state index is 12.1. The Morgan fingerprint density at radius 3 is 2.55 bits per heavy atom. The van der Waals surface area contributed by atoms with Crippen LogP contribution < -0.4 is 15.8 Å². The first-order valence-corrected chi connectivity index (χ1v) is 6.37. The van der Waals surface area contributed by atoms with Crippen molar-refractivity contribution in [3.05, 3.63) is 59.7 Å². The van der Waals surface area contributed by atoms with E-state index in [0.717, 1.165) is 11.1 Å². The number of carbonyl (C=O) groups is 1. The predicted octanol–water partition coefficient (Wildman–Crippen LogP) is 2.64. The molecule has 0 saturated carbocycles. The molecule has 2 rings (SSSR count). The first-order chi connectivity index (χ1) is 9.60. The van der Waals surface area contributed by atoms with Gasteiger partial charge in [-0.05, 0) is 24.6 Å². The van der Waals surface area contributed by atoms with Crippen LogP contribution in [-0.2, 0) is 4.79 Å². The molecule has 104 valence electrons. The van der Waals surface area contributed by atoms with E-state index in [1.165, 1.54) is 0 Å². The molecule has 0 aliphatic rings. The molecule has 0 aliphatic carbocycles. The van der Waals surface area contributed by atoms with Crippen LogP contribution in [0.25, 0.3) is 0 Å². The number of rotatable bonds is 4. The lowest BCUT2D eigenvalue weighted by Crippen LogP contribution is -2.27. The molecule has 0 bridgehead atoms. The second-order valence-corrected chi connectivity index (χ2v) is 4.61. The van der Waals surface area contributed by atoms with Crippen LogP contribution in [0.5, 0.6) is 5.75 Å². The van der Waals surface area contributed by atoms with Crippen molar-refractivity contribution in [2.24, 2.45) is 5.73 Å². The largest absolute Gasteiger partial charge is 0.497 e. The minimum atomic E-state index is -0.693. The number of hydrogen-bond acceptors (Lipinski definition) is 3. The zero-order chi connectivity index (χ0) is 14.5. The second kappa shape index (κ2) is 6.21. The number of aryl methyl sites for hydroxylation is 1. The van der Waals surface area contributed by atoms with Crippen LogP contribution in [0.4, 0.5) is 5.69 Å². The van der Waals surface area contributed by atoms with E-state index in [0.29, 0.717) is 11.4 Å². The molecule has 1 amide bonds. The lowest BCUT2D eigenvalue weighted by atomic mass is 10.1. The fourth-order valence-electron chi connectivity index (χ4n) is 1.85. The van der Waals surface area contributed by atoms with Crippen molar-refractivity contribution in [3.8, 4) is 5.75 Å². The van der Waals surface area contributed by atoms with E-state index >= 15 is 0 Å². The van der Waals surface area contributed by atoms with E-state index in [1.54, 1.807) is 19.2 Å². The summed E-state index contributed by atoms with van der Waals surface area (Å²) in [5.41, 5.74) is 8.55. The normalized spacial score (nSPS) is 11.8. The molecule has 4 nitrogen and oxygen atoms in total. The van der Waals surface area contributed by atoms with E-state index in [9.17, 15) is 4.79 Å². The smallest absolute Gasteiger partial charge is 0.245 e. The monoisotopic (exact) mass is 270 g/mol. The van der Waals surface area contributed by atoms with Crippen molar-refractivity contribution in [3.63, 3.8) is 0 Å². The lowest BCUT2D eigenvalue weighted by Gasteiger charge is -2.13. The fourth-order valence-corrected chi connectivity index (χ4v) is 1.85. The molecule has 20 heavy (non-hydrogen) atoms. The number of anilines is 1. The average Bonchev–Trinajstić information content (AvgIpc) is 2.47. The number of methoxy groups -OCH3 is 1. The maximum absolute atomic E-state index is 12.1. The van der Waals surface area contributed by atoms with Gasteiger partial charge in [-0.2, -0.15) is 0 Å². The van der Waals surface area contributed by atoms with Crippen LogP contribution in [0.2, 0.25) is 0 Å². The van der Waals surface area contributed by atoms with Crippen molar-refractivity contribution in [2.45, 2.75) is 13.0 Å². The minimum absolute atomic E-state index is 0.248. The van der Waals surface area contributed by atoms with Gasteiger partial charge in [-0.15, -0.1) is 0 Å². The molecular weight excluding hydrogens is 252 g/mol. The molecule has 1 atom stereocenters. The van der Waals surface area contributed by atoms with Gasteiger partial charge in [0.1, 0.15) is 11.8 Å². The highest BCUT2D eigenvalue weighted by atomic mass is 16.5. The van der Waals surface area contributed by atoms with E-state index in [4.69, 9.17) is 10.5 Å². The number of nitrogens with one attached hydrogen (secondary N) is 1. The van der Waals surface area contributed by atoms with Crippen LogP contribution in [0.1, 0.15) is 17.2 Å². The van der Waals surface area contributed by atoms with Crippen molar-refractivity contribution < 1.29 is 9.53 Å². The summed E-state index contributed by atoms with van der Waals surface area (Å²) < 4.78 is 5.11. The lowest BCUT2D eigenvalue weighted by molar-refractivity contribution is -0.117. The van der Waals surface area contributed by atoms with Gasteiger partial charge < -0.3 is 15.8 Å². The zero-order valence-corrected chi connectivity index (χ0v) is 11.6. The van der Waals surface area contributed by atoms with Crippen LogP contribution in [0.3, 0.4) is 0 Å². The van der Waals surface area contributed by atoms with Crippen LogP contribution >= 0.6 is 0 Å². The van der Waals surface area contributed by atoms with Gasteiger partial charge in [0.2, 0.25) is 5.91 Å². The molecule has 0 aliphatic heterocycles. The summed E-state index contributed by atoms with van der Waals surface area (Å²) in [6, 6.07) is 14.1. The topological polar surface area (TPSA) is 64.3 Å². The number of hydrogen-bond donors (Lipinski definition) is 2. The molecule has 2 aromatic carbocycles. The number of carbonyl (C=O) groups excluding carboxylic acids is 1. The van der Waals surface area contributed by atoms with Gasteiger partial charge >= 0.3 is 0 Å². The molecule has 0 radical (unpaired) electrons. The molecule has 3 N–H and O–H groups in total. The SMILES string of the molecule is COc1cccc(NC(=O)C(N)c2ccc(C)cc2)c1. The van der Waals surface area contributed by atoms with Crippen LogP contribution in [-0.4, -0.2) is 13.0 Å². The van der Waals surface area contributed by atoms with Crippen LogP contribution in [0, 0.1) is 6.92 Å². The third-order valence-electron chi connectivity index (χ3n) is 3.06. The quantitative estimate of drug-likeness (QED) is 0.897. The first kappa shape index (κ1) is 14.1. The highest BCUT2D eigenvalue weighted by Gasteiger charge is 2.15. The van der Waals surface area contributed by atoms with Gasteiger partial charge in [-0.1, -0.05) is 35.9 Å². The van der Waals surface area contributed by atoms with Gasteiger partial charge in [0.25, 0.3) is 0 Å². The number of benzene rings is 2. The summed E-state index contributed by atoms with van der Waals surface area (Å²) in [6.45, 7) is 1.99. The summed E-state index contributed by atoms with van der Waals surface area (Å²) in [5, 5.41) is 2.79. The molecule has 0 spiro atoms. The Morgan fingerprint density at radius 2 is 1.90 bits per heavy atom. The average molecular weight is 270 g/mol. The maximum Gasteiger partial charge on any atom is 0.245 e. The van der Waals surface area contributed by atoms with Crippen LogP contribution in [0.15, 0.2) is 48.5 Å². The fraction of sp³-hybridized carbons (Fsp3) is 0.188. The summed E-state index contributed by atoms with van der Waals surface area (Å²) in [7, 11) is 1.58. The molecule has 1 unspecified atom stereocenters. The summed E-state index contributed by atoms with van der Waals surface area (Å²) >= 11 is 0. The second-order valence-electron chi connectivity index (χ2n) is 4.61. The van der Waals surface area contributed by atoms with E-state index < -0.39 is 6.04 Å². The Balaban J connectivity index is 2.09. The van der Waals surface area contributed by atoms with Crippen molar-refractivity contribution in [2.75, 3.05) is 12.4 Å².